The maximum absolute atomic E-state index is 13.1. The molecular weight excluding hydrogens is 388 g/mol. The summed E-state index contributed by atoms with van der Waals surface area (Å²) in [7, 11) is -2.11. The molecule has 1 amide bonds. The molecule has 1 atom stereocenters. The van der Waals surface area contributed by atoms with Gasteiger partial charge in [-0.25, -0.2) is 8.42 Å². The van der Waals surface area contributed by atoms with Crippen LogP contribution in [-0.2, 0) is 16.6 Å². The van der Waals surface area contributed by atoms with Crippen LogP contribution in [0.3, 0.4) is 0 Å². The van der Waals surface area contributed by atoms with Gasteiger partial charge < -0.3 is 9.32 Å². The van der Waals surface area contributed by atoms with E-state index in [1.165, 1.54) is 21.3 Å². The number of benzene rings is 1. The quantitative estimate of drug-likeness (QED) is 0.754. The molecule has 1 aromatic heterocycles. The molecule has 1 aliphatic heterocycles. The zero-order valence-corrected chi connectivity index (χ0v) is 17.0. The summed E-state index contributed by atoms with van der Waals surface area (Å²) in [4.78, 5) is 14.2. The molecule has 0 bridgehead atoms. The van der Waals surface area contributed by atoms with Crippen molar-refractivity contribution in [3.05, 3.63) is 52.9 Å². The Kier molecular flexibility index (Phi) is 5.93. The van der Waals surface area contributed by atoms with Crippen LogP contribution in [0.5, 0.6) is 0 Å². The number of halogens is 1. The van der Waals surface area contributed by atoms with E-state index >= 15 is 0 Å². The Balaban J connectivity index is 1.86. The third-order valence-corrected chi connectivity index (χ3v) is 7.08. The lowest BCUT2D eigenvalue weighted by Crippen LogP contribution is -2.39. The van der Waals surface area contributed by atoms with Gasteiger partial charge in [-0.2, -0.15) is 4.31 Å². The van der Waals surface area contributed by atoms with Crippen LogP contribution in [0, 0.1) is 5.92 Å². The van der Waals surface area contributed by atoms with Gasteiger partial charge in [-0.1, -0.05) is 18.5 Å². The first-order valence-electron chi connectivity index (χ1n) is 8.86. The van der Waals surface area contributed by atoms with Gasteiger partial charge in [0.05, 0.1) is 17.8 Å². The number of furan rings is 1. The highest BCUT2D eigenvalue weighted by atomic mass is 35.5. The van der Waals surface area contributed by atoms with E-state index < -0.39 is 10.0 Å². The third-order valence-electron chi connectivity index (χ3n) is 4.74. The van der Waals surface area contributed by atoms with Crippen molar-refractivity contribution in [3.8, 4) is 0 Å². The summed E-state index contributed by atoms with van der Waals surface area (Å²) in [6.07, 6.45) is 3.37. The first kappa shape index (κ1) is 19.9. The molecule has 146 valence electrons. The van der Waals surface area contributed by atoms with Crippen molar-refractivity contribution in [2.45, 2.75) is 31.2 Å². The highest BCUT2D eigenvalue weighted by molar-refractivity contribution is 7.89. The molecule has 8 heteroatoms. The second-order valence-corrected chi connectivity index (χ2v) is 9.31. The second kappa shape index (κ2) is 8.04. The number of rotatable bonds is 5. The number of carbonyl (C=O) groups is 1. The Morgan fingerprint density at radius 2 is 2.15 bits per heavy atom. The summed E-state index contributed by atoms with van der Waals surface area (Å²) in [6.45, 7) is 3.27. The van der Waals surface area contributed by atoms with Gasteiger partial charge in [-0.3, -0.25) is 4.79 Å². The first-order valence-corrected chi connectivity index (χ1v) is 10.7. The van der Waals surface area contributed by atoms with Crippen molar-refractivity contribution < 1.29 is 17.6 Å². The van der Waals surface area contributed by atoms with E-state index in [2.05, 4.69) is 0 Å². The number of nitrogens with zero attached hydrogens (tertiary/aromatic N) is 2. The highest BCUT2D eigenvalue weighted by Gasteiger charge is 2.31. The van der Waals surface area contributed by atoms with Crippen LogP contribution < -0.4 is 0 Å². The average molecular weight is 411 g/mol. The van der Waals surface area contributed by atoms with Crippen LogP contribution in [-0.4, -0.2) is 43.7 Å². The van der Waals surface area contributed by atoms with Gasteiger partial charge in [0.1, 0.15) is 10.7 Å². The molecule has 1 aromatic carbocycles. The fourth-order valence-electron chi connectivity index (χ4n) is 3.27. The van der Waals surface area contributed by atoms with Crippen LogP contribution >= 0.6 is 11.6 Å². The summed E-state index contributed by atoms with van der Waals surface area (Å²) in [5, 5.41) is 0.124. The van der Waals surface area contributed by atoms with Gasteiger partial charge in [0, 0.05) is 25.7 Å². The van der Waals surface area contributed by atoms with Crippen LogP contribution in [0.15, 0.2) is 45.9 Å². The minimum absolute atomic E-state index is 0.0180. The van der Waals surface area contributed by atoms with E-state index in [0.29, 0.717) is 31.3 Å². The Bertz CT molecular complexity index is 912. The maximum atomic E-state index is 13.1. The molecule has 6 nitrogen and oxygen atoms in total. The molecule has 27 heavy (non-hydrogen) atoms. The second-order valence-electron chi connectivity index (χ2n) is 7.00. The van der Waals surface area contributed by atoms with Crippen molar-refractivity contribution in [2.24, 2.45) is 5.92 Å². The average Bonchev–Trinajstić information content (AvgIpc) is 3.14. The van der Waals surface area contributed by atoms with Gasteiger partial charge >= 0.3 is 0 Å². The van der Waals surface area contributed by atoms with Crippen molar-refractivity contribution in [3.63, 3.8) is 0 Å². The van der Waals surface area contributed by atoms with Gasteiger partial charge in [-0.05, 0) is 49.1 Å². The van der Waals surface area contributed by atoms with Crippen molar-refractivity contribution >= 4 is 27.5 Å². The Hall–Kier alpha value is -1.83. The monoisotopic (exact) mass is 410 g/mol. The van der Waals surface area contributed by atoms with Crippen LogP contribution in [0.2, 0.25) is 5.02 Å². The van der Waals surface area contributed by atoms with Crippen molar-refractivity contribution in [2.75, 3.05) is 20.1 Å². The Morgan fingerprint density at radius 1 is 1.37 bits per heavy atom. The lowest BCUT2D eigenvalue weighted by Gasteiger charge is -2.30. The standard InChI is InChI=1S/C19H23ClN2O4S/c1-14-5-3-9-22(12-14)27(24,25)18-11-15(7-8-17(18)20)19(23)21(2)13-16-6-4-10-26-16/h4,6-8,10-11,14H,3,5,9,12-13H2,1-2H3. The summed E-state index contributed by atoms with van der Waals surface area (Å²) in [5.41, 5.74) is 0.275. The molecule has 1 fully saturated rings. The zero-order valence-electron chi connectivity index (χ0n) is 15.4. The topological polar surface area (TPSA) is 70.8 Å². The molecule has 2 heterocycles. The Labute approximate surface area is 164 Å². The summed E-state index contributed by atoms with van der Waals surface area (Å²) < 4.78 is 32.8. The van der Waals surface area contributed by atoms with E-state index in [4.69, 9.17) is 16.0 Å². The minimum atomic E-state index is -3.75. The van der Waals surface area contributed by atoms with Crippen LogP contribution in [0.1, 0.15) is 35.9 Å². The molecule has 0 saturated carbocycles. The smallest absolute Gasteiger partial charge is 0.254 e. The number of amides is 1. The zero-order chi connectivity index (χ0) is 19.6. The van der Waals surface area contributed by atoms with Crippen molar-refractivity contribution in [1.29, 1.82) is 0 Å². The number of carbonyl (C=O) groups excluding carboxylic acids is 1. The van der Waals surface area contributed by atoms with Gasteiger partial charge in [0.15, 0.2) is 0 Å². The predicted octanol–water partition coefficient (Wildman–Crippen LogP) is 3.63. The summed E-state index contributed by atoms with van der Waals surface area (Å²) >= 11 is 6.19. The Morgan fingerprint density at radius 3 is 2.81 bits per heavy atom. The summed E-state index contributed by atoms with van der Waals surface area (Å²) in [6, 6.07) is 7.91. The maximum Gasteiger partial charge on any atom is 0.254 e. The molecule has 0 aliphatic carbocycles. The van der Waals surface area contributed by atoms with Crippen LogP contribution in [0.4, 0.5) is 0 Å². The van der Waals surface area contributed by atoms with E-state index in [-0.39, 0.29) is 21.4 Å². The lowest BCUT2D eigenvalue weighted by molar-refractivity contribution is 0.0775. The van der Waals surface area contributed by atoms with Gasteiger partial charge in [0.2, 0.25) is 10.0 Å². The largest absolute Gasteiger partial charge is 0.467 e. The van der Waals surface area contributed by atoms with Crippen LogP contribution in [0.25, 0.3) is 0 Å². The molecule has 3 rings (SSSR count). The molecule has 2 aromatic rings. The fraction of sp³-hybridized carbons (Fsp3) is 0.421. The third kappa shape index (κ3) is 4.36. The molecule has 1 saturated heterocycles. The lowest BCUT2D eigenvalue weighted by atomic mass is 10.0. The molecule has 0 spiro atoms. The number of piperidine rings is 1. The highest BCUT2D eigenvalue weighted by Crippen LogP contribution is 2.29. The predicted molar refractivity (Wildman–Crippen MR) is 103 cm³/mol. The molecule has 1 aliphatic rings. The van der Waals surface area contributed by atoms with E-state index in [9.17, 15) is 13.2 Å². The van der Waals surface area contributed by atoms with Gasteiger partial charge in [-0.15, -0.1) is 0 Å². The molecule has 0 radical (unpaired) electrons. The number of hydrogen-bond acceptors (Lipinski definition) is 4. The number of hydrogen-bond donors (Lipinski definition) is 0. The molecule has 1 unspecified atom stereocenters. The SMILES string of the molecule is CC1CCCN(S(=O)(=O)c2cc(C(=O)N(C)Cc3ccco3)ccc2Cl)C1. The first-order chi connectivity index (χ1) is 12.8. The normalized spacial score (nSPS) is 18.4. The molecular formula is C19H23ClN2O4S. The van der Waals surface area contributed by atoms with E-state index in [1.807, 2.05) is 6.92 Å². The fourth-order valence-corrected chi connectivity index (χ4v) is 5.37. The minimum Gasteiger partial charge on any atom is -0.467 e. The van der Waals surface area contributed by atoms with E-state index in [0.717, 1.165) is 12.8 Å². The van der Waals surface area contributed by atoms with Gasteiger partial charge in [0.25, 0.3) is 5.91 Å². The number of sulfonamides is 1. The molecule has 0 N–H and O–H groups in total. The van der Waals surface area contributed by atoms with E-state index in [1.54, 1.807) is 31.5 Å². The summed E-state index contributed by atoms with van der Waals surface area (Å²) in [5.74, 6) is 0.651. The van der Waals surface area contributed by atoms with Crippen molar-refractivity contribution in [1.82, 2.24) is 9.21 Å².